The maximum Gasteiger partial charge on any atom is 0.326 e. The average molecular weight is 1320 g/mol. The van der Waals surface area contributed by atoms with Crippen LogP contribution in [0.2, 0.25) is 0 Å². The molecule has 0 saturated carbocycles. The Morgan fingerprint density at radius 3 is 1.57 bits per heavy atom. The summed E-state index contributed by atoms with van der Waals surface area (Å²) in [6.45, 7) is 12.9. The number of hydrogen-bond donors (Lipinski definition) is 11. The van der Waals surface area contributed by atoms with Gasteiger partial charge >= 0.3 is 5.97 Å². The Labute approximate surface area is 548 Å². The molecule has 5 atom stereocenters. The number of carbonyl (C=O) groups excluding carboxylic acids is 7. The third-order valence-corrected chi connectivity index (χ3v) is 16.1. The quantitative estimate of drug-likeness (QED) is 0.0130. The number of aliphatic carboxylic acids is 1. The second-order valence-electron chi connectivity index (χ2n) is 24.0. The molecule has 14 N–H and O–H groups in total. The lowest BCUT2D eigenvalue weighted by molar-refractivity contribution is -0.139. The first-order chi connectivity index (χ1) is 43.4. The molecule has 1 unspecified atom stereocenters. The van der Waals surface area contributed by atoms with E-state index in [1.54, 1.807) is 19.1 Å². The largest absolute Gasteiger partial charge is 0.508 e. The Kier molecular flexibility index (Phi) is 46.7. The summed E-state index contributed by atoms with van der Waals surface area (Å²) in [5.74, 6) is -6.17. The molecule has 0 radical (unpaired) electrons. The minimum Gasteiger partial charge on any atom is -0.508 e. The number of carboxylic acids is 1. The fourth-order valence-corrected chi connectivity index (χ4v) is 10.8. The van der Waals surface area contributed by atoms with Gasteiger partial charge in [-0.25, -0.2) is 4.79 Å². The van der Waals surface area contributed by atoms with Crippen molar-refractivity contribution in [3.63, 3.8) is 0 Å². The van der Waals surface area contributed by atoms with E-state index in [9.17, 15) is 57.0 Å². The highest BCUT2D eigenvalue weighted by atomic mass is 32.2. The van der Waals surface area contributed by atoms with Gasteiger partial charge in [0.15, 0.2) is 5.96 Å². The molecule has 26 heteroatoms. The van der Waals surface area contributed by atoms with E-state index in [2.05, 4.69) is 38.2 Å². The summed E-state index contributed by atoms with van der Waals surface area (Å²) < 4.78 is 47.0. The van der Waals surface area contributed by atoms with Crippen LogP contribution in [0.25, 0.3) is 0 Å². The van der Waals surface area contributed by atoms with Crippen LogP contribution in [-0.4, -0.2) is 160 Å². The Hall–Kier alpha value is -6.22. The SMILES string of the molecule is C=C(CCCCCCCCCCCCCCCS(=O)(=O)O)N[C@@H](CCC(=O)NCCCOCCOCCOCCCNC(=O)CCC(=O)NCCCC[C@H](CC(=O)CC(C)C)C(=O)C(C)[C@@H](CCCN=C(N)N)C(=O)N[C@@H](Cc1ccc(O)cc1)C(N)=O)C(=O)O.[HH].[HH].[HH].[HH].[HH]. The van der Waals surface area contributed by atoms with Crippen LogP contribution in [0.5, 0.6) is 5.75 Å². The number of amides is 5. The molecule has 25 nitrogen and oxygen atoms in total. The van der Waals surface area contributed by atoms with E-state index in [4.69, 9.17) is 36.0 Å². The number of unbranched alkanes of at least 4 members (excludes halogenated alkanes) is 13. The van der Waals surface area contributed by atoms with Gasteiger partial charge in [-0.2, -0.15) is 8.42 Å². The van der Waals surface area contributed by atoms with Crippen molar-refractivity contribution >= 4 is 63.1 Å². The van der Waals surface area contributed by atoms with Crippen LogP contribution in [0.4, 0.5) is 0 Å². The van der Waals surface area contributed by atoms with Crippen LogP contribution in [0.1, 0.15) is 207 Å². The third-order valence-electron chi connectivity index (χ3n) is 15.3. The Morgan fingerprint density at radius 1 is 0.582 bits per heavy atom. The first kappa shape index (κ1) is 82.8. The molecule has 0 fully saturated rings. The standard InChI is InChI=1S/C65H113N9O16S.5H2/c1-48(2)45-54(76)47-52(61(80)50(4)55(25-20-35-72-65(67)68)63(82)74-57(62(66)81)46-51-26-28-53(75)29-27-51)24-17-18-34-69-59(78)32-33-60(79)71-37-22-39-89-41-43-90-42-40-88-38-21-36-70-58(77)31-30-56(64(83)84)73-49(3)23-16-14-12-10-8-6-5-7-9-11-13-15-19-44-91(85,86)87;;;;;/h26-29,48,50,52,55-57,73,75H,3,5-25,30-47H2,1-2,4H3,(H2,66,81)(H,69,78)(H,70,77)(H,71,79)(H,74,82)(H,83,84)(H4,67,68,72)(H,85,86,87);5*1H/t50?,52-,55-,56+,57+;;;;;/m1...../s1. The summed E-state index contributed by atoms with van der Waals surface area (Å²) >= 11 is 0. The van der Waals surface area contributed by atoms with Crippen molar-refractivity contribution in [3.05, 3.63) is 42.1 Å². The number of ketones is 2. The Balaban J connectivity index is -0.00000552. The molecule has 0 spiro atoms. The number of rotatable bonds is 60. The molecule has 1 aromatic carbocycles. The highest BCUT2D eigenvalue weighted by molar-refractivity contribution is 7.85. The van der Waals surface area contributed by atoms with Gasteiger partial charge in [0.25, 0.3) is 10.1 Å². The lowest BCUT2D eigenvalue weighted by Crippen LogP contribution is -2.49. The van der Waals surface area contributed by atoms with Gasteiger partial charge in [0.1, 0.15) is 29.4 Å². The number of aromatic hydroxyl groups is 1. The molecule has 1 aromatic rings. The molecule has 530 valence electrons. The number of phenols is 1. The van der Waals surface area contributed by atoms with E-state index in [0.717, 1.165) is 51.4 Å². The van der Waals surface area contributed by atoms with Crippen molar-refractivity contribution in [2.24, 2.45) is 45.9 Å². The lowest BCUT2D eigenvalue weighted by atomic mass is 9.78. The zero-order valence-electron chi connectivity index (χ0n) is 54.8. The normalized spacial score (nSPS) is 13.1. The molecule has 0 aromatic heterocycles. The van der Waals surface area contributed by atoms with Gasteiger partial charge in [-0.15, -0.1) is 0 Å². The maximum absolute atomic E-state index is 14.3. The van der Waals surface area contributed by atoms with Crippen LogP contribution >= 0.6 is 0 Å². The van der Waals surface area contributed by atoms with E-state index in [-0.39, 0.29) is 118 Å². The predicted octanol–water partition coefficient (Wildman–Crippen LogP) is 7.45. The molecule has 1 rings (SSSR count). The lowest BCUT2D eigenvalue weighted by Gasteiger charge is -2.28. The molecule has 91 heavy (non-hydrogen) atoms. The number of aliphatic imine (C=N–C) groups is 1. The number of ether oxygens (including phenoxy) is 3. The molecule has 0 saturated heterocycles. The van der Waals surface area contributed by atoms with E-state index in [1.165, 1.54) is 37.8 Å². The summed E-state index contributed by atoms with van der Waals surface area (Å²) in [5, 5.41) is 33.5. The van der Waals surface area contributed by atoms with Gasteiger partial charge in [0.2, 0.25) is 29.5 Å². The molecular weight excluding hydrogens is 1190 g/mol. The Bertz CT molecular complexity index is 2440. The van der Waals surface area contributed by atoms with Crippen molar-refractivity contribution in [2.45, 2.75) is 213 Å². The average Bonchev–Trinajstić information content (AvgIpc) is 0.853. The zero-order valence-corrected chi connectivity index (χ0v) is 55.6. The maximum atomic E-state index is 14.3. The van der Waals surface area contributed by atoms with Crippen molar-refractivity contribution in [3.8, 4) is 5.75 Å². The number of hydrogen-bond acceptors (Lipinski definition) is 16. The van der Waals surface area contributed by atoms with Crippen LogP contribution < -0.4 is 43.8 Å². The first-order valence-electron chi connectivity index (χ1n) is 33.0. The van der Waals surface area contributed by atoms with Crippen LogP contribution in [0.15, 0.2) is 41.5 Å². The molecule has 0 aliphatic rings. The summed E-state index contributed by atoms with van der Waals surface area (Å²) in [6.07, 6.45) is 17.7. The number of nitrogens with two attached hydrogens (primary N) is 3. The van der Waals surface area contributed by atoms with Gasteiger partial charge in [0.05, 0.1) is 32.2 Å². The third kappa shape index (κ3) is 46.5. The highest BCUT2D eigenvalue weighted by Gasteiger charge is 2.36. The second kappa shape index (κ2) is 51.3. The molecular formula is C65H123N9O16S. The molecule has 0 aliphatic carbocycles. The number of carbonyl (C=O) groups is 8. The van der Waals surface area contributed by atoms with Crippen LogP contribution in [0, 0.1) is 23.7 Å². The van der Waals surface area contributed by atoms with Gasteiger partial charge in [-0.3, -0.25) is 43.1 Å². The number of carboxylic acid groups (broad SMARTS) is 1. The van der Waals surface area contributed by atoms with Crippen molar-refractivity contribution < 1.29 is 82.9 Å². The molecule has 0 bridgehead atoms. The second-order valence-corrected chi connectivity index (χ2v) is 25.6. The Morgan fingerprint density at radius 2 is 1.08 bits per heavy atom. The number of phenolic OH excluding ortho intramolecular Hbond substituents is 1. The fourth-order valence-electron chi connectivity index (χ4n) is 10.2. The van der Waals surface area contributed by atoms with Crippen molar-refractivity contribution in [1.82, 2.24) is 26.6 Å². The minimum absolute atomic E-state index is 0. The van der Waals surface area contributed by atoms with E-state index in [0.29, 0.717) is 122 Å². The first-order valence-corrected chi connectivity index (χ1v) is 34.6. The van der Waals surface area contributed by atoms with Crippen LogP contribution in [-0.2, 0) is 69.1 Å². The number of benzene rings is 1. The predicted molar refractivity (Wildman–Crippen MR) is 361 cm³/mol. The smallest absolute Gasteiger partial charge is 0.326 e. The topological polar surface area (TPSA) is 410 Å². The number of allylic oxidation sites excluding steroid dienone is 1. The van der Waals surface area contributed by atoms with Crippen molar-refractivity contribution in [2.75, 3.05) is 71.6 Å². The summed E-state index contributed by atoms with van der Waals surface area (Å²) in [4.78, 5) is 107. The number of primary amides is 1. The van der Waals surface area contributed by atoms with E-state index < -0.39 is 57.7 Å². The molecule has 0 heterocycles. The number of nitrogens with zero attached hydrogens (tertiary/aromatic N) is 1. The minimum atomic E-state index is -3.85. The van der Waals surface area contributed by atoms with Gasteiger partial charge in [-0.1, -0.05) is 117 Å². The van der Waals surface area contributed by atoms with Gasteiger partial charge < -0.3 is 68.2 Å². The zero-order chi connectivity index (χ0) is 67.7. The summed E-state index contributed by atoms with van der Waals surface area (Å²) in [7, 11) is -3.85. The van der Waals surface area contributed by atoms with E-state index >= 15 is 0 Å². The van der Waals surface area contributed by atoms with Gasteiger partial charge in [0, 0.05) is 109 Å². The molecule has 5 amide bonds. The van der Waals surface area contributed by atoms with Crippen molar-refractivity contribution in [1.29, 1.82) is 0 Å². The number of nitrogens with one attached hydrogen (secondary N) is 5. The monoisotopic (exact) mass is 1320 g/mol. The number of Topliss-reactive ketones (excluding diaryl/α,β-unsaturated/α-hetero) is 2. The molecule has 0 aliphatic heterocycles. The number of guanidine groups is 1. The summed E-state index contributed by atoms with van der Waals surface area (Å²) in [5.41, 5.74) is 18.0. The summed E-state index contributed by atoms with van der Waals surface area (Å²) in [6, 6.07) is 4.12. The fraction of sp³-hybridized carbons (Fsp3) is 0.738. The van der Waals surface area contributed by atoms with Gasteiger partial charge in [-0.05, 0) is 87.8 Å². The van der Waals surface area contributed by atoms with E-state index in [1.807, 2.05) is 13.8 Å². The highest BCUT2D eigenvalue weighted by Crippen LogP contribution is 2.28. The van der Waals surface area contributed by atoms with Crippen LogP contribution in [0.3, 0.4) is 0 Å².